The number of thiophene rings is 3. The van der Waals surface area contributed by atoms with Gasteiger partial charge in [0.15, 0.2) is 23.0 Å². The van der Waals surface area contributed by atoms with Crippen LogP contribution in [0.25, 0.3) is 51.5 Å². The fourth-order valence-corrected chi connectivity index (χ4v) is 29.4. The van der Waals surface area contributed by atoms with Gasteiger partial charge in [0.2, 0.25) is 13.6 Å². The minimum absolute atomic E-state index is 0.283. The number of nitrogens with zero attached hydrogens (tertiary/aromatic N) is 9. The van der Waals surface area contributed by atoms with Gasteiger partial charge in [-0.05, 0) is 112 Å². The number of benzene rings is 2. The Labute approximate surface area is 522 Å². The van der Waals surface area contributed by atoms with Crippen LogP contribution in [-0.4, -0.2) is 76.8 Å². The summed E-state index contributed by atoms with van der Waals surface area (Å²) in [5.74, 6) is 4.01. The number of hydrogen-bond acceptors (Lipinski definition) is 18. The zero-order valence-electron chi connectivity index (χ0n) is 46.1. The molecular formula is C61H62Cl2IN11O4S3Sn. The number of ether oxygens (including phenoxy) is 4. The molecule has 0 saturated carbocycles. The summed E-state index contributed by atoms with van der Waals surface area (Å²) in [5.41, 5.74) is 12.6. The van der Waals surface area contributed by atoms with E-state index < -0.39 is 18.4 Å². The van der Waals surface area contributed by atoms with E-state index >= 15 is 0 Å². The maximum absolute atomic E-state index is 6.00. The van der Waals surface area contributed by atoms with Gasteiger partial charge in [0.25, 0.3) is 0 Å². The van der Waals surface area contributed by atoms with E-state index in [1.54, 1.807) is 82.0 Å². The Hall–Kier alpha value is -5.92. The van der Waals surface area contributed by atoms with Gasteiger partial charge in [-0.3, -0.25) is 9.97 Å². The first-order valence-electron chi connectivity index (χ1n) is 27.3. The summed E-state index contributed by atoms with van der Waals surface area (Å²) in [6, 6.07) is 30.4. The molecule has 0 aliphatic carbocycles. The van der Waals surface area contributed by atoms with Crippen LogP contribution in [0.5, 0.6) is 23.0 Å². The van der Waals surface area contributed by atoms with Crippen LogP contribution in [0, 0.1) is 2.88 Å². The first-order chi connectivity index (χ1) is 40.7. The van der Waals surface area contributed by atoms with Gasteiger partial charge in [-0.2, -0.15) is 0 Å². The summed E-state index contributed by atoms with van der Waals surface area (Å²) in [5, 5.41) is 4.46. The third-order valence-corrected chi connectivity index (χ3v) is 34.4. The molecule has 3 N–H and O–H groups in total. The van der Waals surface area contributed by atoms with Gasteiger partial charge in [-0.25, -0.2) is 29.9 Å². The molecule has 83 heavy (non-hydrogen) atoms. The zero-order valence-corrected chi connectivity index (χ0v) is 55.1. The molecule has 0 fully saturated rings. The summed E-state index contributed by atoms with van der Waals surface area (Å²) in [6.07, 6.45) is 24.1. The van der Waals surface area contributed by atoms with Crippen LogP contribution in [0.3, 0.4) is 0 Å². The molecular weight excluding hydrogens is 1360 g/mol. The second-order valence-electron chi connectivity index (χ2n) is 19.2. The molecule has 9 aromatic heterocycles. The molecule has 15 nitrogen and oxygen atoms in total. The smallest absolute Gasteiger partial charge is 0.231 e. The van der Waals surface area contributed by atoms with Crippen molar-refractivity contribution in [3.63, 3.8) is 0 Å². The largest absolute Gasteiger partial charge is 0.454 e. The van der Waals surface area contributed by atoms with E-state index in [1.165, 1.54) is 54.1 Å². The normalized spacial score (nSPS) is 11.9. The molecule has 13 rings (SSSR count). The Bertz CT molecular complexity index is 3790. The van der Waals surface area contributed by atoms with Crippen molar-refractivity contribution in [1.82, 2.24) is 44.9 Å². The Kier molecular flexibility index (Phi) is 23.2. The zero-order chi connectivity index (χ0) is 57.8. The third kappa shape index (κ3) is 16.7. The average molecular weight is 1430 g/mol. The topological polar surface area (TPSA) is 191 Å². The van der Waals surface area contributed by atoms with Crippen molar-refractivity contribution >= 4 is 138 Å². The van der Waals surface area contributed by atoms with Crippen molar-refractivity contribution in [3.8, 4) is 43.9 Å². The van der Waals surface area contributed by atoms with E-state index in [2.05, 4.69) is 112 Å². The minimum atomic E-state index is -2.14. The molecule has 0 spiro atoms. The maximum atomic E-state index is 6.00. The number of halogens is 3. The number of aromatic nitrogens is 9. The molecule has 0 amide bonds. The van der Waals surface area contributed by atoms with Crippen molar-refractivity contribution in [2.24, 2.45) is 5.73 Å². The van der Waals surface area contributed by atoms with Crippen LogP contribution in [0.1, 0.15) is 70.4 Å². The second-order valence-corrected chi connectivity index (χ2v) is 38.2. The number of anilines is 1. The average Bonchev–Trinajstić information content (AvgIpc) is 4.59. The monoisotopic (exact) mass is 1430 g/mol. The van der Waals surface area contributed by atoms with Crippen LogP contribution in [-0.2, 0) is 13.1 Å². The summed E-state index contributed by atoms with van der Waals surface area (Å²) in [7, 11) is 0. The first-order valence-corrected chi connectivity index (χ1v) is 39.1. The molecule has 11 heterocycles. The fourth-order valence-electron chi connectivity index (χ4n) is 9.28. The number of nitrogens with one attached hydrogen (secondary N) is 1. The number of hydrogen-bond donors (Lipinski definition) is 2. The van der Waals surface area contributed by atoms with Crippen LogP contribution < -0.4 is 33.6 Å². The van der Waals surface area contributed by atoms with E-state index in [1.807, 2.05) is 85.2 Å². The fraction of sp³-hybridized carbons (Fsp3) is 0.262. The van der Waals surface area contributed by atoms with Crippen molar-refractivity contribution in [2.45, 2.75) is 85.7 Å². The summed E-state index contributed by atoms with van der Waals surface area (Å²) >= 11 is 16.8. The molecule has 0 radical (unpaired) electrons. The molecule has 0 saturated heterocycles. The summed E-state index contributed by atoms with van der Waals surface area (Å²) in [4.78, 5) is 39.5. The molecule has 2 aliphatic rings. The van der Waals surface area contributed by atoms with E-state index in [0.29, 0.717) is 30.2 Å². The Morgan fingerprint density at radius 3 is 1.47 bits per heavy atom. The molecule has 2 aromatic carbocycles. The molecule has 0 bridgehead atoms. The first kappa shape index (κ1) is 61.6. The number of rotatable bonds is 16. The van der Waals surface area contributed by atoms with Crippen LogP contribution in [0.15, 0.2) is 147 Å². The molecule has 0 atom stereocenters. The van der Waals surface area contributed by atoms with Gasteiger partial charge in [0, 0.05) is 47.6 Å². The predicted molar refractivity (Wildman–Crippen MR) is 351 cm³/mol. The van der Waals surface area contributed by atoms with Crippen molar-refractivity contribution < 1.29 is 18.9 Å². The van der Waals surface area contributed by atoms with Gasteiger partial charge in [-0.1, -0.05) is 35.3 Å². The number of pyridine rings is 3. The van der Waals surface area contributed by atoms with Crippen molar-refractivity contribution in [1.29, 1.82) is 0 Å². The van der Waals surface area contributed by atoms with E-state index in [9.17, 15) is 0 Å². The van der Waals surface area contributed by atoms with Gasteiger partial charge in [0.1, 0.15) is 35.1 Å². The third-order valence-electron chi connectivity index (χ3n) is 13.6. The minimum Gasteiger partial charge on any atom is -0.454 e. The SMILES string of the molecule is CCC[CH2][Sn]([CH2]CCC)([CH2]CCC)[c]1ccncc1.Clc1ncnc2cc(-c3ccncc3)sc12.Clc1ncnc2cc(I)sc12.NCc1ccc2c(c1)OCO2.c1cc(-c2cc3ncnc(NCc4ccc5c(c4)OCO5)c3s2)ccn1. The van der Waals surface area contributed by atoms with Gasteiger partial charge >= 0.3 is 124 Å². The van der Waals surface area contributed by atoms with Crippen LogP contribution in [0.2, 0.25) is 23.6 Å². The Morgan fingerprint density at radius 2 is 0.964 bits per heavy atom. The Morgan fingerprint density at radius 1 is 0.518 bits per heavy atom. The second kappa shape index (κ2) is 31.3. The number of fused-ring (bicyclic) bond motifs is 5. The standard InChI is InChI=1S/C19H14N4O2S.C11H6ClN3S.C8H9NO2.C6H2ClIN2S.C5H4N.3C4H9.Sn/c1-2-15-16(25-11-24-15)7-12(1)9-21-19-18-14(22-10-23-19)8-17(26-18)13-3-5-20-6-4-13;12-11-10-8(14-6-15-11)5-9(16-10)7-1-3-13-4-2-7;9-4-6-1-2-7-8(3-6)11-5-10-7;7-6-5-3(9-2-10-6)1-4(8)11-5;1-2-4-6-5-3-1;3*1-3-4-2;/h1-8,10H,9,11H2,(H,21,22,23);1-6H;1-3H,4-5,9H2;1-2H;2-5H;3*1,3-4H2,2H3;. The van der Waals surface area contributed by atoms with Gasteiger partial charge in [-0.15, -0.1) is 34.0 Å². The molecule has 428 valence electrons. The van der Waals surface area contributed by atoms with Crippen molar-refractivity contribution in [2.75, 3.05) is 18.9 Å². The van der Waals surface area contributed by atoms with Gasteiger partial charge < -0.3 is 30.0 Å². The molecule has 2 aliphatic heterocycles. The number of nitrogens with two attached hydrogens (primary N) is 1. The van der Waals surface area contributed by atoms with Crippen LogP contribution in [0.4, 0.5) is 5.82 Å². The Balaban J connectivity index is 0.000000130. The molecule has 11 aromatic rings. The van der Waals surface area contributed by atoms with Crippen molar-refractivity contribution in [3.05, 3.63) is 171 Å². The quantitative estimate of drug-likeness (QED) is 0.0527. The molecule has 22 heteroatoms. The summed E-state index contributed by atoms with van der Waals surface area (Å²) in [6.45, 7) is 8.80. The van der Waals surface area contributed by atoms with E-state index in [0.717, 1.165) is 91.5 Å². The van der Waals surface area contributed by atoms with E-state index in [4.69, 9.17) is 47.9 Å². The summed E-state index contributed by atoms with van der Waals surface area (Å²) < 4.78 is 31.6. The van der Waals surface area contributed by atoms with Gasteiger partial charge in [0.05, 0.1) is 33.5 Å². The van der Waals surface area contributed by atoms with E-state index in [-0.39, 0.29) is 6.79 Å². The molecule has 0 unspecified atom stereocenters. The number of unbranched alkanes of at least 4 members (excludes halogenated alkanes) is 3. The predicted octanol–water partition coefficient (Wildman–Crippen LogP) is 16.5. The van der Waals surface area contributed by atoms with Crippen LogP contribution >= 0.6 is 79.8 Å². The maximum Gasteiger partial charge on any atom is 0.231 e.